The fourth-order valence-corrected chi connectivity index (χ4v) is 4.60. The van der Waals surface area contributed by atoms with Crippen molar-refractivity contribution in [2.45, 2.75) is 0 Å². The van der Waals surface area contributed by atoms with Crippen LogP contribution in [-0.4, -0.2) is 0 Å². The molecular weight excluding hydrogens is 404 g/mol. The number of rotatable bonds is 3. The monoisotopic (exact) mass is 426 g/mol. The minimum Gasteiger partial charge on any atom is -0.455 e. The van der Waals surface area contributed by atoms with Crippen LogP contribution in [0.4, 0.5) is 0 Å². The molecule has 0 saturated carbocycles. The van der Waals surface area contributed by atoms with E-state index >= 15 is 0 Å². The van der Waals surface area contributed by atoms with Crippen molar-refractivity contribution >= 4 is 38.4 Å². The van der Waals surface area contributed by atoms with E-state index in [1.807, 2.05) is 24.3 Å². The van der Waals surface area contributed by atoms with Gasteiger partial charge in [-0.05, 0) is 51.4 Å². The second-order valence-electron chi connectivity index (χ2n) is 8.22. The first-order chi connectivity index (χ1) is 16.2. The van der Waals surface area contributed by atoms with E-state index in [0.29, 0.717) is 5.70 Å². The molecule has 0 spiro atoms. The summed E-state index contributed by atoms with van der Waals surface area (Å²) >= 11 is 0. The van der Waals surface area contributed by atoms with Gasteiger partial charge in [-0.2, -0.15) is 0 Å². The molecule has 5 aromatic carbocycles. The van der Waals surface area contributed by atoms with Gasteiger partial charge < -0.3 is 15.9 Å². The molecule has 0 aliphatic rings. The highest BCUT2D eigenvalue weighted by molar-refractivity contribution is 6.19. The van der Waals surface area contributed by atoms with Crippen LogP contribution in [0.3, 0.4) is 0 Å². The summed E-state index contributed by atoms with van der Waals surface area (Å²) in [5.41, 5.74) is 19.5. The zero-order valence-electron chi connectivity index (χ0n) is 18.0. The smallest absolute Gasteiger partial charge is 0.143 e. The SMILES string of the molecule is N/C=C(\N)c1cccc(-c2ccc(-c3cc4c5ccccc5oc4c4ccccc34)cc2)c1. The molecular formula is C30H22N2O. The van der Waals surface area contributed by atoms with Crippen molar-refractivity contribution < 1.29 is 4.42 Å². The normalized spacial score (nSPS) is 12.1. The Balaban J connectivity index is 1.51. The number of nitrogens with two attached hydrogens (primary N) is 2. The second-order valence-corrected chi connectivity index (χ2v) is 8.22. The molecule has 0 bridgehead atoms. The van der Waals surface area contributed by atoms with Crippen LogP contribution in [-0.2, 0) is 0 Å². The van der Waals surface area contributed by atoms with Crippen LogP contribution in [0.5, 0.6) is 0 Å². The summed E-state index contributed by atoms with van der Waals surface area (Å²) in [5.74, 6) is 0. The molecule has 0 saturated heterocycles. The Bertz CT molecular complexity index is 1670. The third-order valence-corrected chi connectivity index (χ3v) is 6.29. The number of benzene rings is 5. The van der Waals surface area contributed by atoms with Crippen molar-refractivity contribution in [3.8, 4) is 22.3 Å². The van der Waals surface area contributed by atoms with Crippen LogP contribution in [0.1, 0.15) is 5.56 Å². The first-order valence-electron chi connectivity index (χ1n) is 10.9. The maximum Gasteiger partial charge on any atom is 0.143 e. The first kappa shape index (κ1) is 19.2. The van der Waals surface area contributed by atoms with Crippen molar-refractivity contribution in [1.29, 1.82) is 0 Å². The van der Waals surface area contributed by atoms with E-state index in [-0.39, 0.29) is 0 Å². The maximum atomic E-state index is 6.25. The van der Waals surface area contributed by atoms with E-state index in [1.165, 1.54) is 22.7 Å². The molecule has 0 fully saturated rings. The Labute approximate surface area is 191 Å². The van der Waals surface area contributed by atoms with Crippen LogP contribution in [0.2, 0.25) is 0 Å². The van der Waals surface area contributed by atoms with Crippen molar-refractivity contribution in [2.75, 3.05) is 0 Å². The molecule has 0 atom stereocenters. The lowest BCUT2D eigenvalue weighted by Gasteiger charge is -2.10. The Morgan fingerprint density at radius 2 is 1.30 bits per heavy atom. The number of para-hydroxylation sites is 1. The number of hydrogen-bond donors (Lipinski definition) is 2. The van der Waals surface area contributed by atoms with Gasteiger partial charge in [-0.1, -0.05) is 84.9 Å². The minimum atomic E-state index is 0.570. The van der Waals surface area contributed by atoms with E-state index in [2.05, 4.69) is 78.9 Å². The Morgan fingerprint density at radius 1 is 0.606 bits per heavy atom. The summed E-state index contributed by atoms with van der Waals surface area (Å²) in [6.07, 6.45) is 1.43. The van der Waals surface area contributed by atoms with Crippen LogP contribution in [0.25, 0.3) is 60.7 Å². The summed E-state index contributed by atoms with van der Waals surface area (Å²) in [6, 6.07) is 35.7. The molecule has 3 nitrogen and oxygen atoms in total. The van der Waals surface area contributed by atoms with E-state index in [9.17, 15) is 0 Å². The third-order valence-electron chi connectivity index (χ3n) is 6.29. The molecule has 33 heavy (non-hydrogen) atoms. The molecule has 0 aliphatic heterocycles. The van der Waals surface area contributed by atoms with Gasteiger partial charge in [0.25, 0.3) is 0 Å². The number of furan rings is 1. The quantitative estimate of drug-likeness (QED) is 0.312. The van der Waals surface area contributed by atoms with E-state index in [1.54, 1.807) is 0 Å². The standard InChI is InChI=1S/C30H22N2O/c31-18-28(32)22-7-5-6-21(16-22)19-12-14-20(15-13-19)26-17-27-24-9-3-4-11-29(24)33-30(27)25-10-2-1-8-23(25)26/h1-18H,31-32H2/b28-18-. The van der Waals surface area contributed by atoms with Crippen molar-refractivity contribution in [1.82, 2.24) is 0 Å². The Kier molecular flexibility index (Phi) is 4.41. The molecule has 0 aliphatic carbocycles. The maximum absolute atomic E-state index is 6.25. The summed E-state index contributed by atoms with van der Waals surface area (Å²) in [6.45, 7) is 0. The van der Waals surface area contributed by atoms with Gasteiger partial charge in [0.05, 0.1) is 5.70 Å². The molecule has 1 aromatic heterocycles. The Hall–Kier alpha value is -4.50. The van der Waals surface area contributed by atoms with Gasteiger partial charge in [-0.15, -0.1) is 0 Å². The minimum absolute atomic E-state index is 0.570. The van der Waals surface area contributed by atoms with Crippen molar-refractivity contribution in [2.24, 2.45) is 11.5 Å². The fraction of sp³-hybridized carbons (Fsp3) is 0. The average Bonchev–Trinajstić information content (AvgIpc) is 3.27. The number of hydrogen-bond acceptors (Lipinski definition) is 3. The highest BCUT2D eigenvalue weighted by atomic mass is 16.3. The van der Waals surface area contributed by atoms with Crippen LogP contribution in [0.15, 0.2) is 114 Å². The Morgan fingerprint density at radius 3 is 2.09 bits per heavy atom. The zero-order chi connectivity index (χ0) is 22.4. The lowest BCUT2D eigenvalue weighted by molar-refractivity contribution is 0.672. The largest absolute Gasteiger partial charge is 0.455 e. The lowest BCUT2D eigenvalue weighted by atomic mass is 9.94. The molecule has 1 heterocycles. The lowest BCUT2D eigenvalue weighted by Crippen LogP contribution is -1.99. The van der Waals surface area contributed by atoms with Gasteiger partial charge in [-0.25, -0.2) is 0 Å². The summed E-state index contributed by atoms with van der Waals surface area (Å²) in [4.78, 5) is 0. The molecule has 0 unspecified atom stereocenters. The molecule has 4 N–H and O–H groups in total. The van der Waals surface area contributed by atoms with Gasteiger partial charge in [0.1, 0.15) is 11.2 Å². The topological polar surface area (TPSA) is 65.2 Å². The molecule has 0 amide bonds. The fourth-order valence-electron chi connectivity index (χ4n) is 4.60. The van der Waals surface area contributed by atoms with Gasteiger partial charge in [-0.3, -0.25) is 0 Å². The molecule has 158 valence electrons. The van der Waals surface area contributed by atoms with Gasteiger partial charge in [0.15, 0.2) is 0 Å². The van der Waals surface area contributed by atoms with E-state index in [4.69, 9.17) is 15.9 Å². The molecule has 3 heteroatoms. The molecule has 6 rings (SSSR count). The summed E-state index contributed by atoms with van der Waals surface area (Å²) in [5, 5.41) is 4.58. The van der Waals surface area contributed by atoms with E-state index < -0.39 is 0 Å². The second kappa shape index (κ2) is 7.57. The average molecular weight is 427 g/mol. The summed E-state index contributed by atoms with van der Waals surface area (Å²) in [7, 11) is 0. The molecule has 0 radical (unpaired) electrons. The predicted octanol–water partition coefficient (Wildman–Crippen LogP) is 7.29. The highest BCUT2D eigenvalue weighted by Gasteiger charge is 2.14. The third kappa shape index (κ3) is 3.14. The molecule has 6 aromatic rings. The van der Waals surface area contributed by atoms with Crippen LogP contribution < -0.4 is 11.5 Å². The zero-order valence-corrected chi connectivity index (χ0v) is 18.0. The first-order valence-corrected chi connectivity index (χ1v) is 10.9. The highest BCUT2D eigenvalue weighted by Crippen LogP contribution is 2.40. The van der Waals surface area contributed by atoms with Crippen LogP contribution >= 0.6 is 0 Å². The van der Waals surface area contributed by atoms with Gasteiger partial charge >= 0.3 is 0 Å². The predicted molar refractivity (Wildman–Crippen MR) is 138 cm³/mol. The number of fused-ring (bicyclic) bond motifs is 5. The van der Waals surface area contributed by atoms with Crippen molar-refractivity contribution in [3.05, 3.63) is 115 Å². The van der Waals surface area contributed by atoms with Gasteiger partial charge in [0, 0.05) is 22.4 Å². The van der Waals surface area contributed by atoms with Crippen molar-refractivity contribution in [3.63, 3.8) is 0 Å². The van der Waals surface area contributed by atoms with Gasteiger partial charge in [0.2, 0.25) is 0 Å². The van der Waals surface area contributed by atoms with Crippen LogP contribution in [0, 0.1) is 0 Å². The summed E-state index contributed by atoms with van der Waals surface area (Å²) < 4.78 is 6.25. The van der Waals surface area contributed by atoms with E-state index in [0.717, 1.165) is 44.0 Å².